The first-order chi connectivity index (χ1) is 12.9. The number of hydrogen-bond donors (Lipinski definition) is 1. The van der Waals surface area contributed by atoms with Crippen LogP contribution in [-0.4, -0.2) is 21.5 Å². The van der Waals surface area contributed by atoms with Crippen molar-refractivity contribution < 1.29 is 9.59 Å². The Morgan fingerprint density at radius 3 is 2.48 bits per heavy atom. The Balaban J connectivity index is 1.73. The van der Waals surface area contributed by atoms with E-state index in [0.29, 0.717) is 11.7 Å². The molecule has 1 saturated heterocycles. The smallest absolute Gasteiger partial charge is 0.270 e. The third-order valence-corrected chi connectivity index (χ3v) is 5.74. The first-order valence-electron chi connectivity index (χ1n) is 8.72. The first kappa shape index (κ1) is 18.1. The Morgan fingerprint density at radius 1 is 1.19 bits per heavy atom. The van der Waals surface area contributed by atoms with Crippen molar-refractivity contribution >= 4 is 56.8 Å². The number of anilines is 1. The highest BCUT2D eigenvalue weighted by Crippen LogP contribution is 2.38. The highest BCUT2D eigenvalue weighted by Gasteiger charge is 2.35. The van der Waals surface area contributed by atoms with E-state index >= 15 is 0 Å². The van der Waals surface area contributed by atoms with Gasteiger partial charge in [-0.1, -0.05) is 15.9 Å². The Hall–Kier alpha value is -2.25. The summed E-state index contributed by atoms with van der Waals surface area (Å²) in [5.74, 6) is -0.878. The monoisotopic (exact) mass is 443 g/mol. The molecule has 1 aliphatic heterocycles. The van der Waals surface area contributed by atoms with Crippen molar-refractivity contribution in [1.82, 2.24) is 9.88 Å². The number of aryl methyl sites for hydroxylation is 1. The predicted molar refractivity (Wildman–Crippen MR) is 113 cm³/mol. The quantitative estimate of drug-likeness (QED) is 0.442. The van der Waals surface area contributed by atoms with Gasteiger partial charge in [-0.25, -0.2) is 0 Å². The second-order valence-electron chi connectivity index (χ2n) is 6.86. The number of halogens is 1. The number of thiocarbonyl (C=S) groups is 1. The van der Waals surface area contributed by atoms with Gasteiger partial charge in [-0.05, 0) is 80.9 Å². The minimum Gasteiger partial charge on any atom is -0.346 e. The van der Waals surface area contributed by atoms with E-state index in [9.17, 15) is 9.59 Å². The molecule has 138 valence electrons. The summed E-state index contributed by atoms with van der Waals surface area (Å²) in [7, 11) is 0. The van der Waals surface area contributed by atoms with Gasteiger partial charge in [0.15, 0.2) is 5.11 Å². The molecule has 2 amide bonds. The number of benzene rings is 1. The first-order valence-corrected chi connectivity index (χ1v) is 9.92. The second kappa shape index (κ2) is 6.73. The molecular formula is C20H18BrN3O2S. The van der Waals surface area contributed by atoms with Gasteiger partial charge in [-0.15, -0.1) is 0 Å². The lowest BCUT2D eigenvalue weighted by Crippen LogP contribution is -2.54. The van der Waals surface area contributed by atoms with E-state index in [-0.39, 0.29) is 10.7 Å². The molecule has 1 saturated carbocycles. The zero-order chi connectivity index (χ0) is 19.3. The topological polar surface area (TPSA) is 54.3 Å². The molecule has 0 atom stereocenters. The molecule has 0 spiro atoms. The van der Waals surface area contributed by atoms with Crippen LogP contribution in [0.1, 0.15) is 35.8 Å². The summed E-state index contributed by atoms with van der Waals surface area (Å²) in [5, 5.41) is 2.72. The average molecular weight is 444 g/mol. The lowest BCUT2D eigenvalue weighted by Gasteiger charge is -2.29. The fourth-order valence-electron chi connectivity index (χ4n) is 3.48. The lowest BCUT2D eigenvalue weighted by molar-refractivity contribution is -0.122. The second-order valence-corrected chi connectivity index (χ2v) is 8.16. The fourth-order valence-corrected chi connectivity index (χ4v) is 4.03. The standard InChI is InChI=1S/C20H18BrN3O2S/c1-11-9-13(12(2)23(11)15-7-8-15)10-17-18(25)22-20(27)24(19(17)26)16-5-3-14(21)4-6-16/h3-6,9-10,15H,7-8H2,1-2H3,(H,22,25,27)/b17-10-. The molecule has 4 rings (SSSR count). The maximum Gasteiger partial charge on any atom is 0.270 e. The Kier molecular flexibility index (Phi) is 4.52. The third kappa shape index (κ3) is 3.26. The molecule has 1 aromatic carbocycles. The molecule has 0 radical (unpaired) electrons. The van der Waals surface area contributed by atoms with E-state index in [2.05, 4.69) is 32.7 Å². The molecule has 0 unspecified atom stereocenters. The zero-order valence-corrected chi connectivity index (χ0v) is 17.4. The van der Waals surface area contributed by atoms with Gasteiger partial charge in [0.05, 0.1) is 5.69 Å². The van der Waals surface area contributed by atoms with Crippen molar-refractivity contribution in [2.45, 2.75) is 32.7 Å². The van der Waals surface area contributed by atoms with Crippen molar-refractivity contribution in [3.05, 3.63) is 57.3 Å². The normalized spacial score (nSPS) is 19.0. The number of carbonyl (C=O) groups excluding carboxylic acids is 2. The summed E-state index contributed by atoms with van der Waals surface area (Å²) in [6, 6.07) is 9.78. The number of nitrogens with zero attached hydrogens (tertiary/aromatic N) is 2. The molecule has 2 aromatic rings. The van der Waals surface area contributed by atoms with E-state index in [1.54, 1.807) is 18.2 Å². The highest BCUT2D eigenvalue weighted by atomic mass is 79.9. The highest BCUT2D eigenvalue weighted by molar-refractivity contribution is 9.10. The molecule has 2 heterocycles. The van der Waals surface area contributed by atoms with Crippen molar-refractivity contribution in [3.63, 3.8) is 0 Å². The molecule has 0 bridgehead atoms. The molecule has 1 aliphatic carbocycles. The molecule has 7 heteroatoms. The van der Waals surface area contributed by atoms with Crippen molar-refractivity contribution in [1.29, 1.82) is 0 Å². The summed E-state index contributed by atoms with van der Waals surface area (Å²) in [5.41, 5.74) is 3.81. The summed E-state index contributed by atoms with van der Waals surface area (Å²) in [6.07, 6.45) is 4.03. The average Bonchev–Trinajstić information content (AvgIpc) is 3.39. The van der Waals surface area contributed by atoms with Gasteiger partial charge in [0.2, 0.25) is 0 Å². The van der Waals surface area contributed by atoms with Crippen LogP contribution in [0.5, 0.6) is 0 Å². The van der Waals surface area contributed by atoms with Gasteiger partial charge in [0.25, 0.3) is 11.8 Å². The summed E-state index contributed by atoms with van der Waals surface area (Å²) in [6.45, 7) is 4.08. The maximum absolute atomic E-state index is 13.1. The van der Waals surface area contributed by atoms with Crippen LogP contribution in [0.2, 0.25) is 0 Å². The number of amides is 2. The van der Waals surface area contributed by atoms with Crippen LogP contribution in [0.25, 0.3) is 6.08 Å². The number of hydrogen-bond acceptors (Lipinski definition) is 3. The van der Waals surface area contributed by atoms with Gasteiger partial charge in [-0.3, -0.25) is 19.8 Å². The molecule has 1 N–H and O–H groups in total. The van der Waals surface area contributed by atoms with Crippen molar-refractivity contribution in [2.75, 3.05) is 4.90 Å². The number of carbonyl (C=O) groups is 2. The summed E-state index contributed by atoms with van der Waals surface area (Å²) in [4.78, 5) is 26.9. The van der Waals surface area contributed by atoms with Crippen LogP contribution in [0.15, 0.2) is 40.4 Å². The Labute approximate surface area is 171 Å². The Morgan fingerprint density at radius 2 is 1.85 bits per heavy atom. The molecule has 2 aliphatic rings. The van der Waals surface area contributed by atoms with Crippen molar-refractivity contribution in [3.8, 4) is 0 Å². The van der Waals surface area contributed by atoms with Crippen LogP contribution in [0.3, 0.4) is 0 Å². The fraction of sp³-hybridized carbons (Fsp3) is 0.250. The van der Waals surface area contributed by atoms with Gasteiger partial charge in [0, 0.05) is 21.9 Å². The minimum absolute atomic E-state index is 0.0857. The van der Waals surface area contributed by atoms with Crippen molar-refractivity contribution in [2.24, 2.45) is 0 Å². The summed E-state index contributed by atoms with van der Waals surface area (Å²) < 4.78 is 3.18. The number of nitrogens with one attached hydrogen (secondary N) is 1. The zero-order valence-electron chi connectivity index (χ0n) is 15.0. The van der Waals surface area contributed by atoms with Gasteiger partial charge in [-0.2, -0.15) is 0 Å². The third-order valence-electron chi connectivity index (χ3n) is 4.92. The van der Waals surface area contributed by atoms with Crippen LogP contribution in [0, 0.1) is 13.8 Å². The molecule has 2 fully saturated rings. The van der Waals surface area contributed by atoms with E-state index < -0.39 is 11.8 Å². The van der Waals surface area contributed by atoms with Crippen LogP contribution in [-0.2, 0) is 9.59 Å². The van der Waals surface area contributed by atoms with E-state index in [0.717, 1.165) is 21.4 Å². The summed E-state index contributed by atoms with van der Waals surface area (Å²) >= 11 is 8.62. The van der Waals surface area contributed by atoms with E-state index in [1.807, 2.05) is 25.1 Å². The number of aromatic nitrogens is 1. The van der Waals surface area contributed by atoms with Crippen LogP contribution in [0.4, 0.5) is 5.69 Å². The van der Waals surface area contributed by atoms with E-state index in [1.165, 1.54) is 17.7 Å². The van der Waals surface area contributed by atoms with E-state index in [4.69, 9.17) is 12.2 Å². The van der Waals surface area contributed by atoms with Gasteiger partial charge in [0.1, 0.15) is 5.57 Å². The van der Waals surface area contributed by atoms with Gasteiger partial charge >= 0.3 is 0 Å². The Bertz CT molecular complexity index is 1000. The van der Waals surface area contributed by atoms with Crippen LogP contribution < -0.4 is 10.2 Å². The predicted octanol–water partition coefficient (Wildman–Crippen LogP) is 4.03. The molecule has 1 aromatic heterocycles. The SMILES string of the molecule is Cc1cc(/C=C2/C(=O)NC(=S)N(c3ccc(Br)cc3)C2=O)c(C)n1C1CC1. The van der Waals surface area contributed by atoms with Gasteiger partial charge < -0.3 is 4.57 Å². The lowest BCUT2D eigenvalue weighted by atomic mass is 10.1. The maximum atomic E-state index is 13.1. The molecule has 5 nitrogen and oxygen atoms in total. The molecular weight excluding hydrogens is 426 g/mol. The minimum atomic E-state index is -0.463. The number of rotatable bonds is 3. The molecule has 27 heavy (non-hydrogen) atoms. The largest absolute Gasteiger partial charge is 0.346 e. The van der Waals surface area contributed by atoms with Crippen LogP contribution >= 0.6 is 28.1 Å².